The summed E-state index contributed by atoms with van der Waals surface area (Å²) in [6.45, 7) is 0.509. The minimum atomic E-state index is -0.180. The van der Waals surface area contributed by atoms with Crippen LogP contribution in [0.5, 0.6) is 0 Å². The fourth-order valence-electron chi connectivity index (χ4n) is 3.41. The Morgan fingerprint density at radius 3 is 2.60 bits per heavy atom. The molecule has 0 atom stereocenters. The average Bonchev–Trinajstić information content (AvgIpc) is 3.56. The first-order valence-corrected chi connectivity index (χ1v) is 12.8. The van der Waals surface area contributed by atoms with Crippen molar-refractivity contribution in [2.24, 2.45) is 0 Å². The summed E-state index contributed by atoms with van der Waals surface area (Å²) in [6.07, 6.45) is 5.91. The predicted molar refractivity (Wildman–Crippen MR) is 137 cm³/mol. The molecule has 10 heteroatoms. The lowest BCUT2D eigenvalue weighted by atomic mass is 10.2. The summed E-state index contributed by atoms with van der Waals surface area (Å²) in [5.41, 5.74) is 3.27. The van der Waals surface area contributed by atoms with Crippen LogP contribution in [0, 0.1) is 0 Å². The van der Waals surface area contributed by atoms with Gasteiger partial charge in [0.15, 0.2) is 11.0 Å². The first-order chi connectivity index (χ1) is 17.3. The molecule has 0 aliphatic heterocycles. The minimum Gasteiger partial charge on any atom is -0.350 e. The Balaban J connectivity index is 1.26. The van der Waals surface area contributed by atoms with Crippen LogP contribution in [0.25, 0.3) is 17.1 Å². The average molecular weight is 500 g/mol. The number of thioether (sulfide) groups is 1. The van der Waals surface area contributed by atoms with Gasteiger partial charge in [-0.25, -0.2) is 4.98 Å². The van der Waals surface area contributed by atoms with Crippen LogP contribution >= 0.6 is 23.1 Å². The molecular formula is C25H21N7OS2. The van der Waals surface area contributed by atoms with Crippen LogP contribution in [0.2, 0.25) is 0 Å². The number of hydrogen-bond donors (Lipinski definition) is 1. The largest absolute Gasteiger partial charge is 0.350 e. The molecule has 0 aliphatic carbocycles. The Bertz CT molecular complexity index is 1390. The molecule has 8 nitrogen and oxygen atoms in total. The molecule has 35 heavy (non-hydrogen) atoms. The van der Waals surface area contributed by atoms with Gasteiger partial charge in [0.05, 0.1) is 5.75 Å². The van der Waals surface area contributed by atoms with Gasteiger partial charge in [0.25, 0.3) is 5.91 Å². The molecule has 174 valence electrons. The Labute approximate surface area is 210 Å². The van der Waals surface area contributed by atoms with Gasteiger partial charge in [-0.05, 0) is 36.4 Å². The number of para-hydroxylation sites is 1. The minimum absolute atomic E-state index is 0.180. The van der Waals surface area contributed by atoms with Crippen molar-refractivity contribution in [2.75, 3.05) is 6.54 Å². The first-order valence-electron chi connectivity index (χ1n) is 10.9. The third-order valence-electron chi connectivity index (χ3n) is 5.09. The van der Waals surface area contributed by atoms with Crippen LogP contribution in [0.15, 0.2) is 89.8 Å². The van der Waals surface area contributed by atoms with Crippen LogP contribution in [0.1, 0.15) is 21.2 Å². The number of nitrogens with one attached hydrogen (secondary N) is 1. The zero-order chi connectivity index (χ0) is 23.9. The maximum Gasteiger partial charge on any atom is 0.270 e. The Hall–Kier alpha value is -3.89. The topological polar surface area (TPSA) is 98.5 Å². The number of hydrogen-bond acceptors (Lipinski definition) is 8. The molecule has 0 saturated carbocycles. The van der Waals surface area contributed by atoms with E-state index in [2.05, 4.69) is 30.5 Å². The summed E-state index contributed by atoms with van der Waals surface area (Å²) in [5.74, 6) is 1.14. The molecule has 0 bridgehead atoms. The summed E-state index contributed by atoms with van der Waals surface area (Å²) < 4.78 is 2.03. The molecule has 1 N–H and O–H groups in total. The molecule has 5 aromatic rings. The molecule has 0 radical (unpaired) electrons. The fourth-order valence-corrected chi connectivity index (χ4v) is 5.15. The zero-order valence-electron chi connectivity index (χ0n) is 18.6. The van der Waals surface area contributed by atoms with Crippen molar-refractivity contribution in [3.63, 3.8) is 0 Å². The molecule has 0 aliphatic rings. The molecule has 0 fully saturated rings. The molecule has 5 rings (SSSR count). The maximum atomic E-state index is 12.5. The number of thiazole rings is 1. The molecule has 4 aromatic heterocycles. The van der Waals surface area contributed by atoms with E-state index in [1.807, 2.05) is 65.2 Å². The van der Waals surface area contributed by atoms with Gasteiger partial charge in [-0.1, -0.05) is 36.0 Å². The van der Waals surface area contributed by atoms with E-state index in [0.29, 0.717) is 24.4 Å². The van der Waals surface area contributed by atoms with Crippen LogP contribution in [0.3, 0.4) is 0 Å². The van der Waals surface area contributed by atoms with Gasteiger partial charge in [0.1, 0.15) is 10.7 Å². The highest BCUT2D eigenvalue weighted by Gasteiger charge is 2.17. The second kappa shape index (κ2) is 11.0. The Morgan fingerprint density at radius 2 is 1.80 bits per heavy atom. The number of nitrogens with zero attached hydrogens (tertiary/aromatic N) is 6. The van der Waals surface area contributed by atoms with E-state index in [4.69, 9.17) is 0 Å². The van der Waals surface area contributed by atoms with Crippen molar-refractivity contribution in [1.29, 1.82) is 0 Å². The molecular weight excluding hydrogens is 478 g/mol. The predicted octanol–water partition coefficient (Wildman–Crippen LogP) is 4.45. The van der Waals surface area contributed by atoms with Crippen LogP contribution in [-0.4, -0.2) is 42.2 Å². The van der Waals surface area contributed by atoms with Crippen molar-refractivity contribution in [3.05, 3.63) is 101 Å². The number of pyridine rings is 2. The summed E-state index contributed by atoms with van der Waals surface area (Å²) in [5, 5.41) is 15.2. The lowest BCUT2D eigenvalue weighted by Gasteiger charge is -2.09. The van der Waals surface area contributed by atoms with E-state index in [-0.39, 0.29) is 5.91 Å². The number of amides is 1. The molecule has 0 spiro atoms. The fraction of sp³-hybridized carbons (Fsp3) is 0.120. The highest BCUT2D eigenvalue weighted by molar-refractivity contribution is 7.98. The van der Waals surface area contributed by atoms with Crippen molar-refractivity contribution >= 4 is 29.0 Å². The normalized spacial score (nSPS) is 10.9. The van der Waals surface area contributed by atoms with Crippen LogP contribution in [0.4, 0.5) is 0 Å². The van der Waals surface area contributed by atoms with Crippen molar-refractivity contribution in [3.8, 4) is 17.1 Å². The van der Waals surface area contributed by atoms with Gasteiger partial charge >= 0.3 is 0 Å². The van der Waals surface area contributed by atoms with E-state index in [0.717, 1.165) is 32.9 Å². The molecule has 0 unspecified atom stereocenters. The van der Waals surface area contributed by atoms with Gasteiger partial charge in [0, 0.05) is 53.9 Å². The van der Waals surface area contributed by atoms with Crippen molar-refractivity contribution < 1.29 is 4.79 Å². The van der Waals surface area contributed by atoms with Gasteiger partial charge in [0.2, 0.25) is 0 Å². The summed E-state index contributed by atoms with van der Waals surface area (Å²) in [7, 11) is 0. The number of aromatic nitrogens is 6. The highest BCUT2D eigenvalue weighted by atomic mass is 32.2. The van der Waals surface area contributed by atoms with Crippen LogP contribution in [-0.2, 0) is 12.2 Å². The number of carbonyl (C=O) groups is 1. The van der Waals surface area contributed by atoms with Gasteiger partial charge in [-0.3, -0.25) is 19.3 Å². The van der Waals surface area contributed by atoms with E-state index < -0.39 is 0 Å². The Kier molecular flexibility index (Phi) is 7.21. The highest BCUT2D eigenvalue weighted by Crippen LogP contribution is 2.30. The smallest absolute Gasteiger partial charge is 0.270 e. The lowest BCUT2D eigenvalue weighted by Crippen LogP contribution is -2.26. The third-order valence-corrected chi connectivity index (χ3v) is 7.06. The van der Waals surface area contributed by atoms with E-state index >= 15 is 0 Å². The van der Waals surface area contributed by atoms with Crippen molar-refractivity contribution in [2.45, 2.75) is 17.3 Å². The number of carbonyl (C=O) groups excluding carboxylic acids is 1. The van der Waals surface area contributed by atoms with E-state index in [1.165, 1.54) is 23.1 Å². The molecule has 1 amide bonds. The quantitative estimate of drug-likeness (QED) is 0.299. The van der Waals surface area contributed by atoms with Gasteiger partial charge in [-0.2, -0.15) is 0 Å². The Morgan fingerprint density at radius 1 is 0.971 bits per heavy atom. The standard InChI is InChI=1S/C25H21N7OS2/c33-24(28-15-11-19-6-4-5-12-27-19)21-16-34-22(29-21)17-35-25-31-30-23(18-9-13-26-14-10-18)32(25)20-7-2-1-3-8-20/h1-10,12-14,16H,11,15,17H2,(H,28,33). The maximum absolute atomic E-state index is 12.5. The molecule has 0 saturated heterocycles. The number of benzene rings is 1. The monoisotopic (exact) mass is 499 g/mol. The van der Waals surface area contributed by atoms with Crippen LogP contribution < -0.4 is 5.32 Å². The summed E-state index contributed by atoms with van der Waals surface area (Å²) >= 11 is 2.99. The van der Waals surface area contributed by atoms with Crippen molar-refractivity contribution in [1.82, 2.24) is 35.0 Å². The number of rotatable bonds is 9. The summed E-state index contributed by atoms with van der Waals surface area (Å²) in [4.78, 5) is 25.4. The van der Waals surface area contributed by atoms with E-state index in [1.54, 1.807) is 24.0 Å². The lowest BCUT2D eigenvalue weighted by molar-refractivity contribution is 0.0949. The second-order valence-corrected chi connectivity index (χ2v) is 9.34. The second-order valence-electron chi connectivity index (χ2n) is 7.46. The first kappa shape index (κ1) is 22.9. The molecule has 4 heterocycles. The molecule has 1 aromatic carbocycles. The SMILES string of the molecule is O=C(NCCc1ccccn1)c1csc(CSc2nnc(-c3ccncc3)n2-c2ccccc2)n1. The third kappa shape index (κ3) is 5.61. The van der Waals surface area contributed by atoms with Gasteiger partial charge < -0.3 is 5.32 Å². The van der Waals surface area contributed by atoms with E-state index in [9.17, 15) is 4.79 Å². The summed E-state index contributed by atoms with van der Waals surface area (Å²) in [6, 6.07) is 19.6. The zero-order valence-corrected chi connectivity index (χ0v) is 20.2. The van der Waals surface area contributed by atoms with Gasteiger partial charge in [-0.15, -0.1) is 21.5 Å².